The zero-order valence-corrected chi connectivity index (χ0v) is 13.4. The quantitative estimate of drug-likeness (QED) is 0.821. The summed E-state index contributed by atoms with van der Waals surface area (Å²) in [6, 6.07) is 5.11. The Labute approximate surface area is 123 Å². The molecule has 1 aliphatic rings. The molecule has 20 heavy (non-hydrogen) atoms. The summed E-state index contributed by atoms with van der Waals surface area (Å²) >= 11 is 0. The fourth-order valence-corrected chi connectivity index (χ4v) is 2.29. The number of unbranched alkanes of at least 4 members (excludes halogenated alkanes) is 1. The van der Waals surface area contributed by atoms with E-state index in [1.165, 1.54) is 31.2 Å². The number of anilines is 1. The van der Waals surface area contributed by atoms with Crippen molar-refractivity contribution in [2.24, 2.45) is 0 Å². The summed E-state index contributed by atoms with van der Waals surface area (Å²) < 4.78 is 0. The topological polar surface area (TPSA) is 28.2 Å². The van der Waals surface area contributed by atoms with E-state index in [9.17, 15) is 0 Å². The second-order valence-electron chi connectivity index (χ2n) is 6.90. The van der Waals surface area contributed by atoms with Gasteiger partial charge in [-0.15, -0.1) is 0 Å². The molecule has 1 fully saturated rings. The summed E-state index contributed by atoms with van der Waals surface area (Å²) in [6.45, 7) is 10.9. The number of nitrogens with zero attached hydrogens (tertiary/aromatic N) is 2. The van der Waals surface area contributed by atoms with Crippen molar-refractivity contribution >= 4 is 5.82 Å². The van der Waals surface area contributed by atoms with Crippen molar-refractivity contribution in [1.82, 2.24) is 10.3 Å². The molecule has 0 amide bonds. The van der Waals surface area contributed by atoms with Gasteiger partial charge in [-0.05, 0) is 57.7 Å². The standard InChI is InChI=1S/C17H29N3/c1-5-6-11-20(15-7-8-15)16-12-14(9-10-18-16)13-19-17(2,3)4/h9-10,12,15,19H,5-8,11,13H2,1-4H3. The normalized spacial score (nSPS) is 15.4. The summed E-state index contributed by atoms with van der Waals surface area (Å²) in [5, 5.41) is 3.55. The van der Waals surface area contributed by atoms with Crippen LogP contribution in [0.4, 0.5) is 5.82 Å². The van der Waals surface area contributed by atoms with E-state index < -0.39 is 0 Å². The average molecular weight is 275 g/mol. The van der Waals surface area contributed by atoms with Crippen LogP contribution in [0.3, 0.4) is 0 Å². The Balaban J connectivity index is 2.03. The first-order chi connectivity index (χ1) is 9.49. The Morgan fingerprint density at radius 1 is 1.35 bits per heavy atom. The number of nitrogens with one attached hydrogen (secondary N) is 1. The van der Waals surface area contributed by atoms with Crippen LogP contribution in [-0.2, 0) is 6.54 Å². The lowest BCUT2D eigenvalue weighted by Crippen LogP contribution is -2.35. The SMILES string of the molecule is CCCCN(c1cc(CNC(C)(C)C)ccn1)C1CC1. The van der Waals surface area contributed by atoms with Crippen LogP contribution < -0.4 is 10.2 Å². The highest BCUT2D eigenvalue weighted by Crippen LogP contribution is 2.31. The Hall–Kier alpha value is -1.09. The van der Waals surface area contributed by atoms with Crippen molar-refractivity contribution in [3.8, 4) is 0 Å². The molecule has 3 nitrogen and oxygen atoms in total. The smallest absolute Gasteiger partial charge is 0.129 e. The highest BCUT2D eigenvalue weighted by Gasteiger charge is 2.29. The van der Waals surface area contributed by atoms with E-state index in [0.29, 0.717) is 0 Å². The molecule has 1 saturated carbocycles. The zero-order chi connectivity index (χ0) is 14.6. The number of aromatic nitrogens is 1. The lowest BCUT2D eigenvalue weighted by Gasteiger charge is -2.25. The Morgan fingerprint density at radius 2 is 2.10 bits per heavy atom. The second-order valence-corrected chi connectivity index (χ2v) is 6.90. The summed E-state index contributed by atoms with van der Waals surface area (Å²) in [5.41, 5.74) is 1.48. The molecule has 1 aromatic heterocycles. The van der Waals surface area contributed by atoms with Crippen LogP contribution >= 0.6 is 0 Å². The predicted molar refractivity (Wildman–Crippen MR) is 86.1 cm³/mol. The Bertz CT molecular complexity index is 418. The van der Waals surface area contributed by atoms with E-state index in [2.05, 4.69) is 55.0 Å². The van der Waals surface area contributed by atoms with Gasteiger partial charge in [0.1, 0.15) is 5.82 Å². The molecule has 0 aliphatic heterocycles. The lowest BCUT2D eigenvalue weighted by atomic mass is 10.1. The first-order valence-electron chi connectivity index (χ1n) is 7.96. The van der Waals surface area contributed by atoms with Gasteiger partial charge in [0.2, 0.25) is 0 Å². The molecule has 1 heterocycles. The van der Waals surface area contributed by atoms with E-state index in [-0.39, 0.29) is 5.54 Å². The third kappa shape index (κ3) is 4.78. The van der Waals surface area contributed by atoms with E-state index >= 15 is 0 Å². The van der Waals surface area contributed by atoms with Gasteiger partial charge < -0.3 is 10.2 Å². The molecule has 3 heteroatoms. The molecule has 0 saturated heterocycles. The minimum Gasteiger partial charge on any atom is -0.354 e. The number of rotatable bonds is 7. The molecule has 112 valence electrons. The van der Waals surface area contributed by atoms with Gasteiger partial charge in [-0.3, -0.25) is 0 Å². The lowest BCUT2D eigenvalue weighted by molar-refractivity contribution is 0.424. The number of hydrogen-bond donors (Lipinski definition) is 1. The van der Waals surface area contributed by atoms with Gasteiger partial charge in [0.15, 0.2) is 0 Å². The van der Waals surface area contributed by atoms with Gasteiger partial charge in [0.05, 0.1) is 0 Å². The monoisotopic (exact) mass is 275 g/mol. The molecule has 0 atom stereocenters. The molecular weight excluding hydrogens is 246 g/mol. The van der Waals surface area contributed by atoms with Gasteiger partial charge in [-0.2, -0.15) is 0 Å². The first-order valence-corrected chi connectivity index (χ1v) is 7.96. The van der Waals surface area contributed by atoms with Crippen LogP contribution in [0.2, 0.25) is 0 Å². The van der Waals surface area contributed by atoms with E-state index in [1.807, 2.05) is 6.20 Å². The highest BCUT2D eigenvalue weighted by atomic mass is 15.2. The fourth-order valence-electron chi connectivity index (χ4n) is 2.29. The fraction of sp³-hybridized carbons (Fsp3) is 0.706. The van der Waals surface area contributed by atoms with Crippen LogP contribution in [0.25, 0.3) is 0 Å². The van der Waals surface area contributed by atoms with Crippen molar-refractivity contribution in [3.63, 3.8) is 0 Å². The third-order valence-electron chi connectivity index (χ3n) is 3.67. The molecular formula is C17H29N3. The van der Waals surface area contributed by atoms with Crippen molar-refractivity contribution < 1.29 is 0 Å². The summed E-state index contributed by atoms with van der Waals surface area (Å²) in [4.78, 5) is 7.10. The maximum absolute atomic E-state index is 4.60. The molecule has 0 aromatic carbocycles. The average Bonchev–Trinajstić information content (AvgIpc) is 3.21. The highest BCUT2D eigenvalue weighted by molar-refractivity contribution is 5.43. The van der Waals surface area contributed by atoms with Crippen LogP contribution in [0.5, 0.6) is 0 Å². The van der Waals surface area contributed by atoms with Gasteiger partial charge >= 0.3 is 0 Å². The maximum Gasteiger partial charge on any atom is 0.129 e. The zero-order valence-electron chi connectivity index (χ0n) is 13.4. The summed E-state index contributed by atoms with van der Waals surface area (Å²) in [5.74, 6) is 1.16. The summed E-state index contributed by atoms with van der Waals surface area (Å²) in [7, 11) is 0. The third-order valence-corrected chi connectivity index (χ3v) is 3.67. The summed E-state index contributed by atoms with van der Waals surface area (Å²) in [6.07, 6.45) is 7.11. The predicted octanol–water partition coefficient (Wildman–Crippen LogP) is 3.74. The molecule has 0 spiro atoms. The van der Waals surface area contributed by atoms with Crippen molar-refractivity contribution in [1.29, 1.82) is 0 Å². The van der Waals surface area contributed by atoms with E-state index in [1.54, 1.807) is 0 Å². The molecule has 2 rings (SSSR count). The van der Waals surface area contributed by atoms with E-state index in [4.69, 9.17) is 0 Å². The molecule has 0 unspecified atom stereocenters. The van der Waals surface area contributed by atoms with Gasteiger partial charge in [0, 0.05) is 30.9 Å². The minimum absolute atomic E-state index is 0.155. The van der Waals surface area contributed by atoms with Crippen LogP contribution in [-0.4, -0.2) is 23.1 Å². The largest absolute Gasteiger partial charge is 0.354 e. The molecule has 1 aromatic rings. The molecule has 1 aliphatic carbocycles. The Kier molecular flexibility index (Phi) is 5.03. The minimum atomic E-state index is 0.155. The van der Waals surface area contributed by atoms with Crippen LogP contribution in [0.15, 0.2) is 18.3 Å². The molecule has 0 radical (unpaired) electrons. The number of pyridine rings is 1. The van der Waals surface area contributed by atoms with Crippen LogP contribution in [0.1, 0.15) is 58.9 Å². The van der Waals surface area contributed by atoms with Gasteiger partial charge in [-0.25, -0.2) is 4.98 Å². The molecule has 1 N–H and O–H groups in total. The Morgan fingerprint density at radius 3 is 2.70 bits per heavy atom. The van der Waals surface area contributed by atoms with Gasteiger partial charge in [0.25, 0.3) is 0 Å². The van der Waals surface area contributed by atoms with Crippen molar-refractivity contribution in [2.45, 2.75) is 71.5 Å². The van der Waals surface area contributed by atoms with Gasteiger partial charge in [-0.1, -0.05) is 13.3 Å². The van der Waals surface area contributed by atoms with E-state index in [0.717, 1.165) is 24.9 Å². The van der Waals surface area contributed by atoms with Crippen molar-refractivity contribution in [2.75, 3.05) is 11.4 Å². The first kappa shape index (κ1) is 15.3. The second kappa shape index (κ2) is 6.57. The molecule has 0 bridgehead atoms. The van der Waals surface area contributed by atoms with Crippen molar-refractivity contribution in [3.05, 3.63) is 23.9 Å². The number of hydrogen-bond acceptors (Lipinski definition) is 3. The maximum atomic E-state index is 4.60. The van der Waals surface area contributed by atoms with Crippen LogP contribution in [0, 0.1) is 0 Å².